The zero-order valence-electron chi connectivity index (χ0n) is 11.9. The molecule has 114 valence electrons. The molecule has 0 bridgehead atoms. The van der Waals surface area contributed by atoms with Gasteiger partial charge >= 0.3 is 0 Å². The Bertz CT molecular complexity index is 537. The molecule has 1 heterocycles. The summed E-state index contributed by atoms with van der Waals surface area (Å²) in [6, 6.07) is 2.90. The van der Waals surface area contributed by atoms with Crippen LogP contribution in [0.4, 0.5) is 0 Å². The van der Waals surface area contributed by atoms with Gasteiger partial charge in [-0.05, 0) is 25.6 Å². The first-order valence-corrected chi connectivity index (χ1v) is 7.24. The minimum Gasteiger partial charge on any atom is -0.385 e. The van der Waals surface area contributed by atoms with Crippen molar-refractivity contribution >= 4 is 35.0 Å². The van der Waals surface area contributed by atoms with E-state index in [9.17, 15) is 9.59 Å². The fraction of sp³-hybridized carbons (Fsp3) is 0.429. The summed E-state index contributed by atoms with van der Waals surface area (Å²) in [6.45, 7) is 1.59. The largest absolute Gasteiger partial charge is 0.385 e. The Morgan fingerprint density at radius 3 is 2.14 bits per heavy atom. The van der Waals surface area contributed by atoms with E-state index in [4.69, 9.17) is 27.9 Å². The maximum Gasteiger partial charge on any atom is 0.262 e. The van der Waals surface area contributed by atoms with Crippen LogP contribution in [0.3, 0.4) is 0 Å². The van der Waals surface area contributed by atoms with Gasteiger partial charge in [-0.2, -0.15) is 0 Å². The fourth-order valence-corrected chi connectivity index (χ4v) is 2.53. The minimum atomic E-state index is -0.341. The molecule has 7 heteroatoms. The molecule has 0 saturated carbocycles. The summed E-state index contributed by atoms with van der Waals surface area (Å²) in [5.41, 5.74) is 0.611. The summed E-state index contributed by atoms with van der Waals surface area (Å²) in [5, 5.41) is 0.540. The lowest BCUT2D eigenvalue weighted by Gasteiger charge is -2.22. The highest BCUT2D eigenvalue weighted by atomic mass is 35.5. The van der Waals surface area contributed by atoms with E-state index in [1.165, 1.54) is 17.0 Å². The van der Waals surface area contributed by atoms with E-state index in [1.54, 1.807) is 7.11 Å². The molecule has 0 atom stereocenters. The molecule has 2 rings (SSSR count). The molecule has 0 N–H and O–H groups in total. The van der Waals surface area contributed by atoms with Gasteiger partial charge in [0.05, 0.1) is 27.8 Å². The van der Waals surface area contributed by atoms with Crippen LogP contribution in [-0.2, 0) is 4.74 Å². The highest BCUT2D eigenvalue weighted by Gasteiger charge is 2.36. The van der Waals surface area contributed by atoms with E-state index >= 15 is 0 Å². The molecule has 0 spiro atoms. The molecule has 0 aliphatic carbocycles. The highest BCUT2D eigenvalue weighted by Crippen LogP contribution is 2.31. The van der Waals surface area contributed by atoms with E-state index in [2.05, 4.69) is 0 Å². The van der Waals surface area contributed by atoms with Gasteiger partial charge in [0.1, 0.15) is 0 Å². The van der Waals surface area contributed by atoms with Crippen molar-refractivity contribution in [3.63, 3.8) is 0 Å². The average molecular weight is 331 g/mol. The smallest absolute Gasteiger partial charge is 0.262 e. The SMILES string of the molecule is COCCCN(C)CN1C(=O)c2cc(Cl)c(Cl)cc2C1=O. The minimum absolute atomic E-state index is 0.227. The van der Waals surface area contributed by atoms with E-state index in [0.29, 0.717) is 17.7 Å². The number of amides is 2. The summed E-state index contributed by atoms with van der Waals surface area (Å²) in [6.07, 6.45) is 0.827. The molecule has 21 heavy (non-hydrogen) atoms. The number of ether oxygens (including phenoxy) is 1. The lowest BCUT2D eigenvalue weighted by molar-refractivity contribution is 0.0558. The second kappa shape index (κ2) is 6.75. The van der Waals surface area contributed by atoms with Crippen molar-refractivity contribution in [3.8, 4) is 0 Å². The fourth-order valence-electron chi connectivity index (χ4n) is 2.20. The number of fused-ring (bicyclic) bond motifs is 1. The zero-order chi connectivity index (χ0) is 15.6. The van der Waals surface area contributed by atoms with Gasteiger partial charge in [0.15, 0.2) is 0 Å². The Morgan fingerprint density at radius 2 is 1.67 bits per heavy atom. The number of halogens is 2. The highest BCUT2D eigenvalue weighted by molar-refractivity contribution is 6.43. The van der Waals surface area contributed by atoms with Crippen LogP contribution in [-0.4, -0.2) is 55.6 Å². The Hall–Kier alpha value is -1.14. The second-order valence-corrected chi connectivity index (χ2v) is 5.73. The summed E-state index contributed by atoms with van der Waals surface area (Å²) >= 11 is 11.8. The number of carbonyl (C=O) groups excluding carboxylic acids is 2. The number of benzene rings is 1. The number of hydrogen-bond donors (Lipinski definition) is 0. The van der Waals surface area contributed by atoms with Crippen LogP contribution in [0, 0.1) is 0 Å². The van der Waals surface area contributed by atoms with Crippen LogP contribution in [0.2, 0.25) is 10.0 Å². The predicted molar refractivity (Wildman–Crippen MR) is 81.0 cm³/mol. The molecule has 1 aromatic rings. The molecule has 0 aromatic heterocycles. The molecule has 1 aromatic carbocycles. The molecule has 2 amide bonds. The first-order chi connectivity index (χ1) is 9.95. The Labute approximate surface area is 133 Å². The van der Waals surface area contributed by atoms with Crippen LogP contribution >= 0.6 is 23.2 Å². The molecule has 0 radical (unpaired) electrons. The summed E-state index contributed by atoms with van der Waals surface area (Å²) in [7, 11) is 3.48. The van der Waals surface area contributed by atoms with Gasteiger partial charge in [0, 0.05) is 20.3 Å². The number of methoxy groups -OCH3 is 1. The van der Waals surface area contributed by atoms with Crippen LogP contribution in [0.25, 0.3) is 0 Å². The van der Waals surface area contributed by atoms with Crippen LogP contribution in [0.15, 0.2) is 12.1 Å². The number of imide groups is 1. The average Bonchev–Trinajstić information content (AvgIpc) is 2.65. The first-order valence-electron chi connectivity index (χ1n) is 6.48. The van der Waals surface area contributed by atoms with Crippen LogP contribution in [0.1, 0.15) is 27.1 Å². The number of hydrogen-bond acceptors (Lipinski definition) is 4. The molecular weight excluding hydrogens is 315 g/mol. The second-order valence-electron chi connectivity index (χ2n) is 4.92. The summed E-state index contributed by atoms with van der Waals surface area (Å²) in [5.74, 6) is -0.681. The molecule has 0 unspecified atom stereocenters. The predicted octanol–water partition coefficient (Wildman–Crippen LogP) is 2.52. The molecule has 1 aliphatic rings. The molecule has 1 aliphatic heterocycles. The maximum absolute atomic E-state index is 12.3. The monoisotopic (exact) mass is 330 g/mol. The molecule has 0 fully saturated rings. The molecule has 5 nitrogen and oxygen atoms in total. The van der Waals surface area contributed by atoms with E-state index in [1.807, 2.05) is 11.9 Å². The normalized spacial score (nSPS) is 14.2. The van der Waals surface area contributed by atoms with Crippen molar-refractivity contribution < 1.29 is 14.3 Å². The van der Waals surface area contributed by atoms with Gasteiger partial charge < -0.3 is 4.74 Å². The quantitative estimate of drug-likeness (QED) is 0.594. The Kier molecular flexibility index (Phi) is 5.22. The van der Waals surface area contributed by atoms with Gasteiger partial charge in [0.2, 0.25) is 0 Å². The van der Waals surface area contributed by atoms with E-state index < -0.39 is 0 Å². The molecule has 0 saturated heterocycles. The lowest BCUT2D eigenvalue weighted by atomic mass is 10.1. The maximum atomic E-state index is 12.3. The van der Waals surface area contributed by atoms with Crippen LogP contribution < -0.4 is 0 Å². The number of carbonyl (C=O) groups is 2. The zero-order valence-corrected chi connectivity index (χ0v) is 13.4. The summed E-state index contributed by atoms with van der Waals surface area (Å²) < 4.78 is 4.98. The van der Waals surface area contributed by atoms with Crippen molar-refractivity contribution in [1.29, 1.82) is 0 Å². The number of nitrogens with zero attached hydrogens (tertiary/aromatic N) is 2. The van der Waals surface area contributed by atoms with Crippen molar-refractivity contribution in [2.45, 2.75) is 6.42 Å². The van der Waals surface area contributed by atoms with Gasteiger partial charge in [-0.15, -0.1) is 0 Å². The van der Waals surface area contributed by atoms with Gasteiger partial charge in [-0.25, -0.2) is 0 Å². The van der Waals surface area contributed by atoms with Crippen molar-refractivity contribution in [3.05, 3.63) is 33.3 Å². The van der Waals surface area contributed by atoms with Gasteiger partial charge in [-0.1, -0.05) is 23.2 Å². The van der Waals surface area contributed by atoms with Gasteiger partial charge in [0.25, 0.3) is 11.8 Å². The third kappa shape index (κ3) is 3.37. The third-order valence-electron chi connectivity index (χ3n) is 3.28. The Balaban J connectivity index is 2.10. The molecular formula is C14H16Cl2N2O3. The topological polar surface area (TPSA) is 49.9 Å². The Morgan fingerprint density at radius 1 is 1.14 bits per heavy atom. The van der Waals surface area contributed by atoms with E-state index in [0.717, 1.165) is 13.0 Å². The number of rotatable bonds is 6. The third-order valence-corrected chi connectivity index (χ3v) is 4.00. The summed E-state index contributed by atoms with van der Waals surface area (Å²) in [4.78, 5) is 27.7. The lowest BCUT2D eigenvalue weighted by Crippen LogP contribution is -2.40. The van der Waals surface area contributed by atoms with Crippen molar-refractivity contribution in [2.75, 3.05) is 34.0 Å². The van der Waals surface area contributed by atoms with Gasteiger partial charge in [-0.3, -0.25) is 19.4 Å². The van der Waals surface area contributed by atoms with Crippen molar-refractivity contribution in [2.24, 2.45) is 0 Å². The van der Waals surface area contributed by atoms with Crippen molar-refractivity contribution in [1.82, 2.24) is 9.80 Å². The van der Waals surface area contributed by atoms with Crippen LogP contribution in [0.5, 0.6) is 0 Å². The standard InChI is InChI=1S/C14H16Cl2N2O3/c1-17(4-3-5-21-2)8-18-13(19)9-6-11(15)12(16)7-10(9)14(18)20/h6-7H,3-5,8H2,1-2H3. The first kappa shape index (κ1) is 16.2. The van der Waals surface area contributed by atoms with E-state index in [-0.39, 0.29) is 28.5 Å².